The Morgan fingerprint density at radius 2 is 1.73 bits per heavy atom. The maximum absolute atomic E-state index is 12.1. The summed E-state index contributed by atoms with van der Waals surface area (Å²) in [5.74, 6) is 0.656. The highest BCUT2D eigenvalue weighted by molar-refractivity contribution is 14.0. The molecule has 0 aliphatic rings. The zero-order valence-electron chi connectivity index (χ0n) is 19.9. The van der Waals surface area contributed by atoms with Gasteiger partial charge in [0.05, 0.1) is 6.54 Å². The average Bonchev–Trinajstić information content (AvgIpc) is 2.81. The molecule has 0 aliphatic heterocycles. The molecule has 0 aromatic heterocycles. The molecular weight excluding hydrogens is 529 g/mol. The van der Waals surface area contributed by atoms with Gasteiger partial charge in [-0.15, -0.1) is 24.0 Å². The monoisotopic (exact) mass is 565 g/mol. The second-order valence-electron chi connectivity index (χ2n) is 7.65. The van der Waals surface area contributed by atoms with Gasteiger partial charge in [-0.1, -0.05) is 38.1 Å². The summed E-state index contributed by atoms with van der Waals surface area (Å²) in [6, 6.07) is 15.4. The standard InChI is InChI=1S/C25H35N5O2.HI/c1-5-18(3)23(31)30-22-12-8-10-20(16-22)17-29-25(27-6-2)28-14-13-19-9-7-11-21(15-19)24(32)26-4;/h7-12,15-16,18H,5-6,13-14,17H2,1-4H3,(H,26,32)(H,30,31)(H2,27,28,29);1H. The van der Waals surface area contributed by atoms with Crippen molar-refractivity contribution in [3.8, 4) is 0 Å². The Balaban J connectivity index is 0.00000544. The maximum atomic E-state index is 12.1. The number of benzene rings is 2. The maximum Gasteiger partial charge on any atom is 0.251 e. The van der Waals surface area contributed by atoms with Gasteiger partial charge in [0, 0.05) is 37.3 Å². The van der Waals surface area contributed by atoms with Gasteiger partial charge in [0.2, 0.25) is 5.91 Å². The van der Waals surface area contributed by atoms with Crippen LogP contribution in [-0.4, -0.2) is 37.9 Å². The Hall–Kier alpha value is -2.62. The van der Waals surface area contributed by atoms with Crippen molar-refractivity contribution < 1.29 is 9.59 Å². The van der Waals surface area contributed by atoms with Crippen molar-refractivity contribution in [2.75, 3.05) is 25.5 Å². The lowest BCUT2D eigenvalue weighted by atomic mass is 10.1. The number of hydrogen-bond donors (Lipinski definition) is 4. The van der Waals surface area contributed by atoms with E-state index in [4.69, 9.17) is 0 Å². The molecule has 0 saturated carbocycles. The number of amides is 2. The van der Waals surface area contributed by atoms with Gasteiger partial charge < -0.3 is 21.3 Å². The molecule has 0 bridgehead atoms. The number of anilines is 1. The number of nitrogens with one attached hydrogen (secondary N) is 4. The third-order valence-corrected chi connectivity index (χ3v) is 5.14. The average molecular weight is 566 g/mol. The van der Waals surface area contributed by atoms with E-state index in [1.54, 1.807) is 13.1 Å². The van der Waals surface area contributed by atoms with E-state index in [0.717, 1.165) is 42.2 Å². The summed E-state index contributed by atoms with van der Waals surface area (Å²) in [5, 5.41) is 12.2. The first kappa shape index (κ1) is 28.4. The Bertz CT molecular complexity index is 933. The molecule has 0 fully saturated rings. The second-order valence-corrected chi connectivity index (χ2v) is 7.65. The van der Waals surface area contributed by atoms with Crippen molar-refractivity contribution in [2.24, 2.45) is 10.9 Å². The van der Waals surface area contributed by atoms with Gasteiger partial charge in [-0.05, 0) is 55.2 Å². The molecule has 1 atom stereocenters. The van der Waals surface area contributed by atoms with E-state index in [0.29, 0.717) is 18.7 Å². The predicted molar refractivity (Wildman–Crippen MR) is 146 cm³/mol. The van der Waals surface area contributed by atoms with Gasteiger partial charge in [-0.25, -0.2) is 4.99 Å². The van der Waals surface area contributed by atoms with Crippen LogP contribution in [0.2, 0.25) is 0 Å². The van der Waals surface area contributed by atoms with E-state index in [1.807, 2.05) is 63.2 Å². The van der Waals surface area contributed by atoms with Gasteiger partial charge >= 0.3 is 0 Å². The number of hydrogen-bond acceptors (Lipinski definition) is 3. The fraction of sp³-hybridized carbons (Fsp3) is 0.400. The molecule has 7 nitrogen and oxygen atoms in total. The smallest absolute Gasteiger partial charge is 0.251 e. The van der Waals surface area contributed by atoms with Gasteiger partial charge in [0.25, 0.3) is 5.91 Å². The molecule has 2 aromatic rings. The highest BCUT2D eigenvalue weighted by atomic mass is 127. The first-order valence-corrected chi connectivity index (χ1v) is 11.2. The minimum Gasteiger partial charge on any atom is -0.357 e. The molecule has 33 heavy (non-hydrogen) atoms. The Morgan fingerprint density at radius 1 is 1.00 bits per heavy atom. The lowest BCUT2D eigenvalue weighted by Gasteiger charge is -2.13. The van der Waals surface area contributed by atoms with E-state index < -0.39 is 0 Å². The quantitative estimate of drug-likeness (QED) is 0.200. The van der Waals surface area contributed by atoms with Crippen LogP contribution in [0.5, 0.6) is 0 Å². The number of halogens is 1. The van der Waals surface area contributed by atoms with Crippen LogP contribution in [0.15, 0.2) is 53.5 Å². The largest absolute Gasteiger partial charge is 0.357 e. The highest BCUT2D eigenvalue weighted by Gasteiger charge is 2.10. The fourth-order valence-electron chi connectivity index (χ4n) is 3.05. The Labute approximate surface area is 214 Å². The van der Waals surface area contributed by atoms with Crippen molar-refractivity contribution in [3.63, 3.8) is 0 Å². The normalized spacial score (nSPS) is 11.7. The van der Waals surface area contributed by atoms with Crippen LogP contribution in [-0.2, 0) is 17.8 Å². The van der Waals surface area contributed by atoms with E-state index >= 15 is 0 Å². The number of carbonyl (C=O) groups is 2. The SMILES string of the molecule is CCNC(=NCc1cccc(NC(=O)C(C)CC)c1)NCCc1cccc(C(=O)NC)c1.I. The van der Waals surface area contributed by atoms with Crippen LogP contribution < -0.4 is 21.3 Å². The summed E-state index contributed by atoms with van der Waals surface area (Å²) in [5.41, 5.74) is 3.55. The summed E-state index contributed by atoms with van der Waals surface area (Å²) in [7, 11) is 1.63. The lowest BCUT2D eigenvalue weighted by molar-refractivity contribution is -0.119. The minimum atomic E-state index is -0.0858. The first-order chi connectivity index (χ1) is 15.5. The molecule has 0 spiro atoms. The summed E-state index contributed by atoms with van der Waals surface area (Å²) in [6.07, 6.45) is 1.58. The van der Waals surface area contributed by atoms with Gasteiger partial charge in [-0.2, -0.15) is 0 Å². The van der Waals surface area contributed by atoms with Gasteiger partial charge in [-0.3, -0.25) is 9.59 Å². The van der Waals surface area contributed by atoms with E-state index in [9.17, 15) is 9.59 Å². The topological polar surface area (TPSA) is 94.6 Å². The van der Waals surface area contributed by atoms with Crippen molar-refractivity contribution in [3.05, 3.63) is 65.2 Å². The zero-order valence-corrected chi connectivity index (χ0v) is 22.2. The third kappa shape index (κ3) is 9.81. The van der Waals surface area contributed by atoms with E-state index in [1.165, 1.54) is 0 Å². The molecule has 180 valence electrons. The molecule has 2 amide bonds. The van der Waals surface area contributed by atoms with Crippen LogP contribution in [0, 0.1) is 5.92 Å². The number of nitrogens with zero attached hydrogens (tertiary/aromatic N) is 1. The molecule has 2 rings (SSSR count). The molecule has 1 unspecified atom stereocenters. The van der Waals surface area contributed by atoms with Crippen LogP contribution in [0.4, 0.5) is 5.69 Å². The van der Waals surface area contributed by atoms with Gasteiger partial charge in [0.1, 0.15) is 0 Å². The van der Waals surface area contributed by atoms with Crippen molar-refractivity contribution in [1.82, 2.24) is 16.0 Å². The molecule has 0 heterocycles. The molecule has 0 aliphatic carbocycles. The summed E-state index contributed by atoms with van der Waals surface area (Å²) < 4.78 is 0. The van der Waals surface area contributed by atoms with E-state index in [2.05, 4.69) is 26.3 Å². The third-order valence-electron chi connectivity index (χ3n) is 5.14. The number of carbonyl (C=O) groups excluding carboxylic acids is 2. The Morgan fingerprint density at radius 3 is 2.42 bits per heavy atom. The zero-order chi connectivity index (χ0) is 23.3. The summed E-state index contributed by atoms with van der Waals surface area (Å²) in [6.45, 7) is 7.89. The van der Waals surface area contributed by atoms with Crippen molar-refractivity contribution >= 4 is 47.4 Å². The van der Waals surface area contributed by atoms with Crippen LogP contribution in [0.3, 0.4) is 0 Å². The summed E-state index contributed by atoms with van der Waals surface area (Å²) >= 11 is 0. The predicted octanol–water partition coefficient (Wildman–Crippen LogP) is 3.95. The second kappa shape index (κ2) is 15.3. The molecule has 4 N–H and O–H groups in total. The van der Waals surface area contributed by atoms with Crippen LogP contribution in [0.1, 0.15) is 48.7 Å². The van der Waals surface area contributed by atoms with Crippen molar-refractivity contribution in [1.29, 1.82) is 0 Å². The molecule has 2 aromatic carbocycles. The molecule has 0 saturated heterocycles. The number of rotatable bonds is 10. The Kier molecular flexibility index (Phi) is 13.1. The minimum absolute atomic E-state index is 0. The first-order valence-electron chi connectivity index (χ1n) is 11.2. The van der Waals surface area contributed by atoms with Crippen LogP contribution >= 0.6 is 24.0 Å². The summed E-state index contributed by atoms with van der Waals surface area (Å²) in [4.78, 5) is 28.6. The number of aliphatic imine (C=N–C) groups is 1. The van der Waals surface area contributed by atoms with Crippen molar-refractivity contribution in [2.45, 2.75) is 40.2 Å². The van der Waals surface area contributed by atoms with Crippen LogP contribution in [0.25, 0.3) is 0 Å². The van der Waals surface area contributed by atoms with Gasteiger partial charge in [0.15, 0.2) is 5.96 Å². The van der Waals surface area contributed by atoms with E-state index in [-0.39, 0.29) is 41.7 Å². The number of guanidine groups is 1. The lowest BCUT2D eigenvalue weighted by Crippen LogP contribution is -2.38. The molecule has 0 radical (unpaired) electrons. The fourth-order valence-corrected chi connectivity index (χ4v) is 3.05. The highest BCUT2D eigenvalue weighted by Crippen LogP contribution is 2.14. The molecule has 8 heteroatoms. The molecular formula is C25H36IN5O2.